The van der Waals surface area contributed by atoms with Gasteiger partial charge in [-0.15, -0.1) is 0 Å². The number of benzene rings is 2. The lowest BCUT2D eigenvalue weighted by Crippen LogP contribution is -2.64. The first-order valence-electron chi connectivity index (χ1n) is 8.74. The molecular formula is C21H21ClN4. The summed E-state index contributed by atoms with van der Waals surface area (Å²) in [6.45, 7) is 4.05. The van der Waals surface area contributed by atoms with E-state index < -0.39 is 0 Å². The Morgan fingerprint density at radius 2 is 1.54 bits per heavy atom. The van der Waals surface area contributed by atoms with E-state index in [-0.39, 0.29) is 16.9 Å². The summed E-state index contributed by atoms with van der Waals surface area (Å²) in [5, 5.41) is 3.77. The highest BCUT2D eigenvalue weighted by atomic mass is 35.5. The first kappa shape index (κ1) is 17.0. The van der Waals surface area contributed by atoms with Gasteiger partial charge in [0, 0.05) is 19.3 Å². The number of aromatic nitrogens is 2. The molecule has 0 unspecified atom stereocenters. The Kier molecular flexibility index (Phi) is 4.62. The van der Waals surface area contributed by atoms with Crippen LogP contribution in [0, 0.1) is 0 Å². The third-order valence-corrected chi connectivity index (χ3v) is 4.94. The Bertz CT molecular complexity index is 824. The van der Waals surface area contributed by atoms with E-state index >= 15 is 0 Å². The minimum absolute atomic E-state index is 0.0422. The van der Waals surface area contributed by atoms with Crippen LogP contribution in [0.4, 0.5) is 5.82 Å². The van der Waals surface area contributed by atoms with Crippen LogP contribution in [0.3, 0.4) is 0 Å². The summed E-state index contributed by atoms with van der Waals surface area (Å²) in [4.78, 5) is 10.7. The average Bonchev–Trinajstić information content (AvgIpc) is 2.62. The molecule has 5 heteroatoms. The summed E-state index contributed by atoms with van der Waals surface area (Å²) in [6.07, 6.45) is 1.67. The van der Waals surface area contributed by atoms with Crippen LogP contribution < -0.4 is 5.32 Å². The van der Waals surface area contributed by atoms with E-state index in [1.807, 2.05) is 6.07 Å². The van der Waals surface area contributed by atoms with Crippen molar-refractivity contribution in [1.82, 2.24) is 14.9 Å². The van der Waals surface area contributed by atoms with Crippen molar-refractivity contribution in [2.45, 2.75) is 18.5 Å². The SMILES string of the molecule is CC1(Nc2ccnc(Cl)n2)CN(C(c2ccccc2)c2ccccc2)C1. The number of hydrogen-bond donors (Lipinski definition) is 1. The predicted molar refractivity (Wildman–Crippen MR) is 105 cm³/mol. The zero-order valence-electron chi connectivity index (χ0n) is 14.6. The molecule has 1 aliphatic heterocycles. The van der Waals surface area contributed by atoms with Gasteiger partial charge in [-0.05, 0) is 35.7 Å². The first-order chi connectivity index (χ1) is 12.6. The molecule has 26 heavy (non-hydrogen) atoms. The second-order valence-electron chi connectivity index (χ2n) is 7.03. The number of anilines is 1. The van der Waals surface area contributed by atoms with Crippen LogP contribution >= 0.6 is 11.6 Å². The molecule has 4 nitrogen and oxygen atoms in total. The lowest BCUT2D eigenvalue weighted by atomic mass is 9.86. The number of likely N-dealkylation sites (tertiary alicyclic amines) is 1. The van der Waals surface area contributed by atoms with Crippen molar-refractivity contribution in [2.75, 3.05) is 18.4 Å². The van der Waals surface area contributed by atoms with Gasteiger partial charge in [0.05, 0.1) is 11.6 Å². The van der Waals surface area contributed by atoms with Gasteiger partial charge in [-0.25, -0.2) is 9.97 Å². The van der Waals surface area contributed by atoms with Crippen LogP contribution in [-0.4, -0.2) is 33.5 Å². The normalized spacial score (nSPS) is 16.3. The fourth-order valence-electron chi connectivity index (χ4n) is 3.71. The maximum absolute atomic E-state index is 5.90. The van der Waals surface area contributed by atoms with E-state index in [1.54, 1.807) is 6.20 Å². The van der Waals surface area contributed by atoms with Gasteiger partial charge >= 0.3 is 0 Å². The summed E-state index contributed by atoms with van der Waals surface area (Å²) >= 11 is 5.90. The topological polar surface area (TPSA) is 41.1 Å². The lowest BCUT2D eigenvalue weighted by Gasteiger charge is -2.52. The van der Waals surface area contributed by atoms with Crippen molar-refractivity contribution in [1.29, 1.82) is 0 Å². The van der Waals surface area contributed by atoms with E-state index in [4.69, 9.17) is 11.6 Å². The van der Waals surface area contributed by atoms with Gasteiger partial charge in [-0.3, -0.25) is 4.90 Å². The van der Waals surface area contributed by atoms with Crippen molar-refractivity contribution in [3.05, 3.63) is 89.3 Å². The van der Waals surface area contributed by atoms with E-state index in [2.05, 4.69) is 87.8 Å². The Hall–Kier alpha value is -2.43. The molecule has 132 valence electrons. The highest BCUT2D eigenvalue weighted by molar-refractivity contribution is 6.28. The Balaban J connectivity index is 1.54. The van der Waals surface area contributed by atoms with Crippen LogP contribution in [0.1, 0.15) is 24.1 Å². The van der Waals surface area contributed by atoms with Crippen LogP contribution in [0.15, 0.2) is 72.9 Å². The minimum atomic E-state index is -0.0422. The molecule has 0 atom stereocenters. The van der Waals surface area contributed by atoms with Crippen LogP contribution in [0.5, 0.6) is 0 Å². The van der Waals surface area contributed by atoms with Crippen molar-refractivity contribution in [3.8, 4) is 0 Å². The zero-order chi connectivity index (χ0) is 18.0. The van der Waals surface area contributed by atoms with Gasteiger partial charge in [0.1, 0.15) is 5.82 Å². The average molecular weight is 365 g/mol. The molecule has 0 spiro atoms. The molecule has 2 aromatic carbocycles. The molecule has 0 aliphatic carbocycles. The summed E-state index contributed by atoms with van der Waals surface area (Å²) in [6, 6.07) is 23.4. The van der Waals surface area contributed by atoms with E-state index in [0.29, 0.717) is 0 Å². The van der Waals surface area contributed by atoms with Crippen molar-refractivity contribution in [2.24, 2.45) is 0 Å². The Morgan fingerprint density at radius 1 is 0.962 bits per heavy atom. The van der Waals surface area contributed by atoms with Gasteiger partial charge in [0.2, 0.25) is 5.28 Å². The quantitative estimate of drug-likeness (QED) is 0.681. The first-order valence-corrected chi connectivity index (χ1v) is 9.11. The molecule has 1 saturated heterocycles. The zero-order valence-corrected chi connectivity index (χ0v) is 15.4. The van der Waals surface area contributed by atoms with E-state index in [0.717, 1.165) is 18.9 Å². The van der Waals surface area contributed by atoms with Crippen LogP contribution in [-0.2, 0) is 0 Å². The molecule has 1 aliphatic rings. The van der Waals surface area contributed by atoms with Gasteiger partial charge in [0.25, 0.3) is 0 Å². The molecule has 2 heterocycles. The molecule has 0 saturated carbocycles. The Morgan fingerprint density at radius 3 is 2.08 bits per heavy atom. The molecule has 0 bridgehead atoms. The fourth-order valence-corrected chi connectivity index (χ4v) is 3.86. The van der Waals surface area contributed by atoms with Gasteiger partial charge in [-0.2, -0.15) is 0 Å². The predicted octanol–water partition coefficient (Wildman–Crippen LogP) is 4.41. The summed E-state index contributed by atoms with van der Waals surface area (Å²) in [5.74, 6) is 0.767. The maximum Gasteiger partial charge on any atom is 0.224 e. The molecule has 1 fully saturated rings. The monoisotopic (exact) mass is 364 g/mol. The molecule has 3 aromatic rings. The summed E-state index contributed by atoms with van der Waals surface area (Å²) < 4.78 is 0. The number of rotatable bonds is 5. The molecule has 0 radical (unpaired) electrons. The molecular weight excluding hydrogens is 344 g/mol. The molecule has 0 amide bonds. The third kappa shape index (κ3) is 3.57. The third-order valence-electron chi connectivity index (χ3n) is 4.76. The highest BCUT2D eigenvalue weighted by Crippen LogP contribution is 2.37. The summed E-state index contributed by atoms with van der Waals surface area (Å²) in [7, 11) is 0. The van der Waals surface area contributed by atoms with Gasteiger partial charge in [-0.1, -0.05) is 60.7 Å². The molecule has 1 N–H and O–H groups in total. The van der Waals surface area contributed by atoms with Gasteiger partial charge in [0.15, 0.2) is 0 Å². The highest BCUT2D eigenvalue weighted by Gasteiger charge is 2.43. The van der Waals surface area contributed by atoms with Crippen molar-refractivity contribution < 1.29 is 0 Å². The van der Waals surface area contributed by atoms with Crippen LogP contribution in [0.2, 0.25) is 5.28 Å². The number of hydrogen-bond acceptors (Lipinski definition) is 4. The van der Waals surface area contributed by atoms with E-state index in [9.17, 15) is 0 Å². The number of nitrogens with zero attached hydrogens (tertiary/aromatic N) is 3. The number of halogens is 1. The second-order valence-corrected chi connectivity index (χ2v) is 7.36. The van der Waals surface area contributed by atoms with E-state index in [1.165, 1.54) is 11.1 Å². The Labute approximate surface area is 158 Å². The second kappa shape index (κ2) is 7.06. The fraction of sp³-hybridized carbons (Fsp3) is 0.238. The largest absolute Gasteiger partial charge is 0.362 e. The maximum atomic E-state index is 5.90. The standard InChI is InChI=1S/C21H21ClN4/c1-21(25-18-12-13-23-20(22)24-18)14-26(15-21)19(16-8-4-2-5-9-16)17-10-6-3-7-11-17/h2-13,19H,14-15H2,1H3,(H,23,24,25). The van der Waals surface area contributed by atoms with Crippen LogP contribution in [0.25, 0.3) is 0 Å². The van der Waals surface area contributed by atoms with Gasteiger partial charge < -0.3 is 5.32 Å². The molecule has 4 rings (SSSR count). The van der Waals surface area contributed by atoms with Crippen molar-refractivity contribution in [3.63, 3.8) is 0 Å². The summed E-state index contributed by atoms with van der Waals surface area (Å²) in [5.41, 5.74) is 2.58. The number of nitrogens with one attached hydrogen (secondary N) is 1. The molecule has 1 aromatic heterocycles. The van der Waals surface area contributed by atoms with Crippen molar-refractivity contribution >= 4 is 17.4 Å². The smallest absolute Gasteiger partial charge is 0.224 e. The lowest BCUT2D eigenvalue weighted by molar-refractivity contribution is 0.0670. The minimum Gasteiger partial charge on any atom is -0.362 e.